The summed E-state index contributed by atoms with van der Waals surface area (Å²) in [6.07, 6.45) is 0. The normalized spacial score (nSPS) is 10.4. The number of rotatable bonds is 3. The smallest absolute Gasteiger partial charge is 0.246 e. The Hall–Kier alpha value is -2.73. The average Bonchev–Trinajstić information content (AvgIpc) is 2.84. The van der Waals surface area contributed by atoms with Crippen molar-refractivity contribution in [2.45, 2.75) is 13.5 Å². The maximum Gasteiger partial charge on any atom is 0.246 e. The predicted molar refractivity (Wildman–Crippen MR) is 76.4 cm³/mol. The first-order valence-corrected chi connectivity index (χ1v) is 6.38. The second-order valence-electron chi connectivity index (χ2n) is 4.64. The predicted octanol–water partition coefficient (Wildman–Crippen LogP) is 4.19. The van der Waals surface area contributed by atoms with Crippen LogP contribution < -0.4 is 4.74 Å². The molecular weight excluding hydrogens is 250 g/mol. The molecule has 0 saturated heterocycles. The van der Waals surface area contributed by atoms with Crippen molar-refractivity contribution in [2.75, 3.05) is 0 Å². The van der Waals surface area contributed by atoms with E-state index in [2.05, 4.69) is 0 Å². The van der Waals surface area contributed by atoms with Crippen LogP contribution in [0.15, 0.2) is 52.9 Å². The van der Waals surface area contributed by atoms with E-state index in [0.29, 0.717) is 17.9 Å². The van der Waals surface area contributed by atoms with Crippen molar-refractivity contribution in [3.8, 4) is 11.8 Å². The van der Waals surface area contributed by atoms with E-state index in [1.807, 2.05) is 61.5 Å². The molecule has 3 nitrogen and oxygen atoms in total. The molecule has 0 atom stereocenters. The second kappa shape index (κ2) is 5.10. The number of fused-ring (bicyclic) bond motifs is 1. The third kappa shape index (κ3) is 2.24. The van der Waals surface area contributed by atoms with Crippen LogP contribution in [0.5, 0.6) is 5.75 Å². The van der Waals surface area contributed by atoms with Crippen LogP contribution in [-0.4, -0.2) is 0 Å². The molecule has 0 saturated carbocycles. The van der Waals surface area contributed by atoms with Crippen molar-refractivity contribution >= 4 is 11.0 Å². The van der Waals surface area contributed by atoms with E-state index in [9.17, 15) is 0 Å². The highest BCUT2D eigenvalue weighted by Gasteiger charge is 2.14. The number of benzene rings is 2. The Morgan fingerprint density at radius 3 is 2.60 bits per heavy atom. The number of ether oxygens (including phenoxy) is 1. The van der Waals surface area contributed by atoms with Gasteiger partial charge in [0.05, 0.1) is 5.39 Å². The molecule has 0 bridgehead atoms. The molecule has 0 N–H and O–H groups in total. The SMILES string of the molecule is Cc1ccc(COc2c(C#N)oc3ccccc23)cc1. The fourth-order valence-corrected chi connectivity index (χ4v) is 2.08. The lowest BCUT2D eigenvalue weighted by Crippen LogP contribution is -1.96. The van der Waals surface area contributed by atoms with Gasteiger partial charge >= 0.3 is 0 Å². The van der Waals surface area contributed by atoms with E-state index in [1.165, 1.54) is 5.56 Å². The number of furan rings is 1. The topological polar surface area (TPSA) is 46.2 Å². The van der Waals surface area contributed by atoms with Gasteiger partial charge in [0.25, 0.3) is 0 Å². The Bertz CT molecular complexity index is 779. The Kier molecular flexibility index (Phi) is 3.14. The third-order valence-corrected chi connectivity index (χ3v) is 3.16. The number of para-hydroxylation sites is 1. The van der Waals surface area contributed by atoms with Crippen LogP contribution in [0, 0.1) is 18.3 Å². The van der Waals surface area contributed by atoms with Crippen molar-refractivity contribution in [2.24, 2.45) is 0 Å². The van der Waals surface area contributed by atoms with Gasteiger partial charge in [-0.15, -0.1) is 0 Å². The molecule has 3 aromatic rings. The van der Waals surface area contributed by atoms with Crippen molar-refractivity contribution in [1.82, 2.24) is 0 Å². The summed E-state index contributed by atoms with van der Waals surface area (Å²) in [5.74, 6) is 0.738. The lowest BCUT2D eigenvalue weighted by atomic mass is 10.2. The highest BCUT2D eigenvalue weighted by molar-refractivity contribution is 5.86. The molecule has 2 aromatic carbocycles. The Morgan fingerprint density at radius 2 is 1.85 bits per heavy atom. The summed E-state index contributed by atoms with van der Waals surface area (Å²) in [7, 11) is 0. The molecule has 0 spiro atoms. The second-order valence-corrected chi connectivity index (χ2v) is 4.64. The molecular formula is C17H13NO2. The number of hydrogen-bond donors (Lipinski definition) is 0. The molecule has 20 heavy (non-hydrogen) atoms. The Balaban J connectivity index is 1.90. The van der Waals surface area contributed by atoms with Crippen LogP contribution in [0.25, 0.3) is 11.0 Å². The zero-order valence-electron chi connectivity index (χ0n) is 11.1. The molecule has 0 fully saturated rings. The van der Waals surface area contributed by atoms with E-state index in [-0.39, 0.29) is 5.76 Å². The molecule has 0 radical (unpaired) electrons. The van der Waals surface area contributed by atoms with E-state index in [0.717, 1.165) is 10.9 Å². The first kappa shape index (κ1) is 12.3. The number of nitriles is 1. The maximum atomic E-state index is 9.13. The molecule has 0 amide bonds. The fraction of sp³-hybridized carbons (Fsp3) is 0.118. The third-order valence-electron chi connectivity index (χ3n) is 3.16. The molecule has 0 aliphatic carbocycles. The van der Waals surface area contributed by atoms with Crippen LogP contribution in [0.3, 0.4) is 0 Å². The van der Waals surface area contributed by atoms with Crippen LogP contribution in [-0.2, 0) is 6.61 Å². The van der Waals surface area contributed by atoms with Gasteiger partial charge in [-0.25, -0.2) is 0 Å². The minimum absolute atomic E-state index is 0.221. The van der Waals surface area contributed by atoms with E-state index in [4.69, 9.17) is 14.4 Å². The summed E-state index contributed by atoms with van der Waals surface area (Å²) in [5, 5.41) is 9.96. The summed E-state index contributed by atoms with van der Waals surface area (Å²) in [6, 6.07) is 17.6. The van der Waals surface area contributed by atoms with Gasteiger partial charge in [-0.05, 0) is 24.6 Å². The summed E-state index contributed by atoms with van der Waals surface area (Å²) >= 11 is 0. The van der Waals surface area contributed by atoms with Crippen LogP contribution >= 0.6 is 0 Å². The Morgan fingerprint density at radius 1 is 1.10 bits per heavy atom. The zero-order valence-corrected chi connectivity index (χ0v) is 11.1. The molecule has 3 heteroatoms. The van der Waals surface area contributed by atoms with Gasteiger partial charge in [0.15, 0.2) is 5.75 Å². The quantitative estimate of drug-likeness (QED) is 0.711. The summed E-state index contributed by atoms with van der Waals surface area (Å²) in [5.41, 5.74) is 2.94. The first-order valence-electron chi connectivity index (χ1n) is 6.38. The minimum Gasteiger partial charge on any atom is -0.483 e. The van der Waals surface area contributed by atoms with Crippen molar-refractivity contribution < 1.29 is 9.15 Å². The Labute approximate surface area is 117 Å². The van der Waals surface area contributed by atoms with Gasteiger partial charge in [-0.3, -0.25) is 0 Å². The largest absolute Gasteiger partial charge is 0.483 e. The summed E-state index contributed by atoms with van der Waals surface area (Å²) in [6.45, 7) is 2.46. The molecule has 98 valence electrons. The van der Waals surface area contributed by atoms with Crippen LogP contribution in [0.2, 0.25) is 0 Å². The van der Waals surface area contributed by atoms with Gasteiger partial charge < -0.3 is 9.15 Å². The molecule has 0 aliphatic rings. The number of nitrogens with zero attached hydrogens (tertiary/aromatic N) is 1. The van der Waals surface area contributed by atoms with Crippen molar-refractivity contribution in [3.05, 3.63) is 65.4 Å². The lowest BCUT2D eigenvalue weighted by Gasteiger charge is -2.05. The molecule has 3 rings (SSSR count). The monoisotopic (exact) mass is 263 g/mol. The van der Waals surface area contributed by atoms with Gasteiger partial charge in [0.2, 0.25) is 5.76 Å². The number of aryl methyl sites for hydroxylation is 1. The fourth-order valence-electron chi connectivity index (χ4n) is 2.08. The average molecular weight is 263 g/mol. The highest BCUT2D eigenvalue weighted by Crippen LogP contribution is 2.32. The van der Waals surface area contributed by atoms with E-state index >= 15 is 0 Å². The standard InChI is InChI=1S/C17H13NO2/c1-12-6-8-13(9-7-12)11-19-17-14-4-2-3-5-15(14)20-16(17)10-18/h2-9H,11H2,1H3. The van der Waals surface area contributed by atoms with Crippen LogP contribution in [0.1, 0.15) is 16.9 Å². The van der Waals surface area contributed by atoms with E-state index in [1.54, 1.807) is 0 Å². The van der Waals surface area contributed by atoms with Gasteiger partial charge in [-0.1, -0.05) is 42.0 Å². The maximum absolute atomic E-state index is 9.13. The van der Waals surface area contributed by atoms with Gasteiger partial charge in [0.1, 0.15) is 18.3 Å². The number of hydrogen-bond acceptors (Lipinski definition) is 3. The molecule has 0 unspecified atom stereocenters. The van der Waals surface area contributed by atoms with Crippen LogP contribution in [0.4, 0.5) is 0 Å². The summed E-state index contributed by atoms with van der Waals surface area (Å²) < 4.78 is 11.3. The van der Waals surface area contributed by atoms with E-state index < -0.39 is 0 Å². The molecule has 1 aromatic heterocycles. The van der Waals surface area contributed by atoms with Gasteiger partial charge in [-0.2, -0.15) is 5.26 Å². The molecule has 1 heterocycles. The minimum atomic E-state index is 0.221. The zero-order chi connectivity index (χ0) is 13.9. The van der Waals surface area contributed by atoms with Gasteiger partial charge in [0, 0.05) is 0 Å². The van der Waals surface area contributed by atoms with Crippen molar-refractivity contribution in [3.63, 3.8) is 0 Å². The van der Waals surface area contributed by atoms with Crippen molar-refractivity contribution in [1.29, 1.82) is 5.26 Å². The highest BCUT2D eigenvalue weighted by atomic mass is 16.5. The lowest BCUT2D eigenvalue weighted by molar-refractivity contribution is 0.303. The molecule has 0 aliphatic heterocycles. The first-order chi connectivity index (χ1) is 9.78. The summed E-state index contributed by atoms with van der Waals surface area (Å²) in [4.78, 5) is 0.